The van der Waals surface area contributed by atoms with Crippen LogP contribution in [0, 0.1) is 5.92 Å². The van der Waals surface area contributed by atoms with E-state index in [0.29, 0.717) is 0 Å². The molecule has 0 spiro atoms. The Morgan fingerprint density at radius 3 is 2.28 bits per heavy atom. The lowest BCUT2D eigenvalue weighted by Crippen LogP contribution is -2.33. The van der Waals surface area contributed by atoms with Crippen molar-refractivity contribution >= 4 is 0 Å². The van der Waals surface area contributed by atoms with E-state index in [-0.39, 0.29) is 0 Å². The van der Waals surface area contributed by atoms with Crippen LogP contribution < -0.4 is 5.32 Å². The molecule has 0 bridgehead atoms. The lowest BCUT2D eigenvalue weighted by Gasteiger charge is -2.26. The van der Waals surface area contributed by atoms with Gasteiger partial charge in [-0.2, -0.15) is 0 Å². The number of piperidine rings is 1. The molecular weight excluding hydrogens is 220 g/mol. The van der Waals surface area contributed by atoms with Gasteiger partial charge in [0.25, 0.3) is 0 Å². The smallest absolute Gasteiger partial charge is 0.000664 e. The van der Waals surface area contributed by atoms with Crippen molar-refractivity contribution in [2.45, 2.75) is 65.2 Å². The highest BCUT2D eigenvalue weighted by Gasteiger charge is 2.09. The van der Waals surface area contributed by atoms with Crippen LogP contribution >= 0.6 is 0 Å². The molecule has 2 heteroatoms. The van der Waals surface area contributed by atoms with Crippen molar-refractivity contribution in [2.75, 3.05) is 32.7 Å². The summed E-state index contributed by atoms with van der Waals surface area (Å²) in [5.74, 6) is 0.912. The monoisotopic (exact) mass is 254 g/mol. The number of hydrogen-bond acceptors (Lipinski definition) is 2. The molecule has 1 rings (SSSR count). The Labute approximate surface area is 115 Å². The van der Waals surface area contributed by atoms with Crippen molar-refractivity contribution in [3.63, 3.8) is 0 Å². The lowest BCUT2D eigenvalue weighted by atomic mass is 9.98. The molecule has 18 heavy (non-hydrogen) atoms. The second-order valence-corrected chi connectivity index (χ2v) is 5.90. The third-order valence-electron chi connectivity index (χ3n) is 4.10. The van der Waals surface area contributed by atoms with Crippen molar-refractivity contribution in [3.05, 3.63) is 0 Å². The Kier molecular flexibility index (Phi) is 9.59. The molecule has 0 aromatic rings. The van der Waals surface area contributed by atoms with Crippen LogP contribution in [0.2, 0.25) is 0 Å². The van der Waals surface area contributed by atoms with E-state index in [1.165, 1.54) is 84.1 Å². The van der Waals surface area contributed by atoms with Gasteiger partial charge in [0.1, 0.15) is 0 Å². The minimum absolute atomic E-state index is 0.912. The van der Waals surface area contributed by atoms with Crippen LogP contribution in [0.1, 0.15) is 65.2 Å². The van der Waals surface area contributed by atoms with E-state index < -0.39 is 0 Å². The SMILES string of the molecule is CCCC(CCC)CNCCCN1CCCCC1. The molecule has 0 atom stereocenters. The Bertz CT molecular complexity index is 170. The third kappa shape index (κ3) is 7.38. The van der Waals surface area contributed by atoms with E-state index in [0.717, 1.165) is 5.92 Å². The van der Waals surface area contributed by atoms with Gasteiger partial charge in [-0.05, 0) is 70.7 Å². The fraction of sp³-hybridized carbons (Fsp3) is 1.00. The molecule has 0 aliphatic carbocycles. The van der Waals surface area contributed by atoms with E-state index in [9.17, 15) is 0 Å². The summed E-state index contributed by atoms with van der Waals surface area (Å²) in [5.41, 5.74) is 0. The second-order valence-electron chi connectivity index (χ2n) is 5.90. The minimum Gasteiger partial charge on any atom is -0.316 e. The first-order chi connectivity index (χ1) is 8.86. The zero-order valence-electron chi connectivity index (χ0n) is 12.7. The first-order valence-electron chi connectivity index (χ1n) is 8.29. The molecule has 0 aromatic carbocycles. The molecule has 0 amide bonds. The van der Waals surface area contributed by atoms with Crippen LogP contribution in [0.25, 0.3) is 0 Å². The number of hydrogen-bond donors (Lipinski definition) is 1. The van der Waals surface area contributed by atoms with E-state index in [1.807, 2.05) is 0 Å². The zero-order valence-corrected chi connectivity index (χ0v) is 12.7. The summed E-state index contributed by atoms with van der Waals surface area (Å²) in [5, 5.41) is 3.67. The van der Waals surface area contributed by atoms with Gasteiger partial charge >= 0.3 is 0 Å². The van der Waals surface area contributed by atoms with Gasteiger partial charge in [-0.1, -0.05) is 33.1 Å². The van der Waals surface area contributed by atoms with Crippen molar-refractivity contribution in [2.24, 2.45) is 5.92 Å². The summed E-state index contributed by atoms with van der Waals surface area (Å²) in [7, 11) is 0. The average molecular weight is 254 g/mol. The number of nitrogens with one attached hydrogen (secondary N) is 1. The Morgan fingerprint density at radius 1 is 1.00 bits per heavy atom. The maximum absolute atomic E-state index is 3.67. The largest absolute Gasteiger partial charge is 0.316 e. The first-order valence-corrected chi connectivity index (χ1v) is 8.29. The quantitative estimate of drug-likeness (QED) is 0.598. The fourth-order valence-electron chi connectivity index (χ4n) is 3.08. The van der Waals surface area contributed by atoms with Gasteiger partial charge in [-0.15, -0.1) is 0 Å². The Hall–Kier alpha value is -0.0800. The number of rotatable bonds is 10. The van der Waals surface area contributed by atoms with Crippen LogP contribution in [-0.2, 0) is 0 Å². The molecule has 1 N–H and O–H groups in total. The molecule has 1 heterocycles. The molecule has 1 saturated heterocycles. The molecule has 2 nitrogen and oxygen atoms in total. The maximum Gasteiger partial charge on any atom is -0.000664 e. The molecule has 0 unspecified atom stereocenters. The standard InChI is InChI=1S/C16H34N2/c1-3-9-16(10-4-2)15-17-11-8-14-18-12-6-5-7-13-18/h16-17H,3-15H2,1-2H3. The molecule has 0 saturated carbocycles. The van der Waals surface area contributed by atoms with E-state index in [2.05, 4.69) is 24.1 Å². The predicted molar refractivity (Wildman–Crippen MR) is 81.1 cm³/mol. The van der Waals surface area contributed by atoms with Crippen molar-refractivity contribution in [3.8, 4) is 0 Å². The Morgan fingerprint density at radius 2 is 1.67 bits per heavy atom. The molecular formula is C16H34N2. The van der Waals surface area contributed by atoms with Crippen molar-refractivity contribution < 1.29 is 0 Å². The van der Waals surface area contributed by atoms with Gasteiger partial charge in [0, 0.05) is 0 Å². The van der Waals surface area contributed by atoms with E-state index in [1.54, 1.807) is 0 Å². The van der Waals surface area contributed by atoms with Crippen molar-refractivity contribution in [1.82, 2.24) is 10.2 Å². The molecule has 0 aromatic heterocycles. The predicted octanol–water partition coefficient (Wildman–Crippen LogP) is 3.67. The molecule has 1 aliphatic rings. The Balaban J connectivity index is 1.95. The molecule has 108 valence electrons. The first kappa shape index (κ1) is 16.0. The van der Waals surface area contributed by atoms with Gasteiger partial charge in [0.2, 0.25) is 0 Å². The maximum atomic E-state index is 3.67. The van der Waals surface area contributed by atoms with Crippen LogP contribution in [0.15, 0.2) is 0 Å². The average Bonchev–Trinajstić information content (AvgIpc) is 2.40. The summed E-state index contributed by atoms with van der Waals surface area (Å²) in [4.78, 5) is 2.64. The summed E-state index contributed by atoms with van der Waals surface area (Å²) < 4.78 is 0. The van der Waals surface area contributed by atoms with Gasteiger partial charge < -0.3 is 10.2 Å². The fourth-order valence-corrected chi connectivity index (χ4v) is 3.08. The highest BCUT2D eigenvalue weighted by atomic mass is 15.1. The lowest BCUT2D eigenvalue weighted by molar-refractivity contribution is 0.225. The number of likely N-dealkylation sites (tertiary alicyclic amines) is 1. The summed E-state index contributed by atoms with van der Waals surface area (Å²) in [6.45, 7) is 11.0. The van der Waals surface area contributed by atoms with Crippen molar-refractivity contribution in [1.29, 1.82) is 0 Å². The molecule has 1 fully saturated rings. The molecule has 1 aliphatic heterocycles. The summed E-state index contributed by atoms with van der Waals surface area (Å²) in [6, 6.07) is 0. The van der Waals surface area contributed by atoms with Crippen LogP contribution in [0.5, 0.6) is 0 Å². The van der Waals surface area contributed by atoms with Gasteiger partial charge in [0.05, 0.1) is 0 Å². The topological polar surface area (TPSA) is 15.3 Å². The zero-order chi connectivity index (χ0) is 13.1. The van der Waals surface area contributed by atoms with Gasteiger partial charge in [0.15, 0.2) is 0 Å². The van der Waals surface area contributed by atoms with Crippen LogP contribution in [0.3, 0.4) is 0 Å². The minimum atomic E-state index is 0.912. The highest BCUT2D eigenvalue weighted by molar-refractivity contribution is 4.66. The van der Waals surface area contributed by atoms with Gasteiger partial charge in [-0.25, -0.2) is 0 Å². The summed E-state index contributed by atoms with van der Waals surface area (Å²) in [6.07, 6.45) is 11.1. The van der Waals surface area contributed by atoms with E-state index >= 15 is 0 Å². The van der Waals surface area contributed by atoms with Gasteiger partial charge in [-0.3, -0.25) is 0 Å². The summed E-state index contributed by atoms with van der Waals surface area (Å²) >= 11 is 0. The normalized spacial score (nSPS) is 17.5. The number of nitrogens with zero attached hydrogens (tertiary/aromatic N) is 1. The molecule has 0 radical (unpaired) electrons. The van der Waals surface area contributed by atoms with Crippen LogP contribution in [0.4, 0.5) is 0 Å². The van der Waals surface area contributed by atoms with Crippen LogP contribution in [-0.4, -0.2) is 37.6 Å². The third-order valence-corrected chi connectivity index (χ3v) is 4.10. The van der Waals surface area contributed by atoms with E-state index in [4.69, 9.17) is 0 Å². The second kappa shape index (κ2) is 10.8. The highest BCUT2D eigenvalue weighted by Crippen LogP contribution is 2.12.